The number of nitrogens with one attached hydrogen (secondary N) is 1. The summed E-state index contributed by atoms with van der Waals surface area (Å²) < 4.78 is 27.6. The van der Waals surface area contributed by atoms with Crippen LogP contribution < -0.4 is 4.72 Å². The van der Waals surface area contributed by atoms with Crippen LogP contribution in [-0.4, -0.2) is 47.3 Å². The summed E-state index contributed by atoms with van der Waals surface area (Å²) >= 11 is 0. The molecule has 152 valence electrons. The lowest BCUT2D eigenvalue weighted by Crippen LogP contribution is -2.73. The molecular weight excluding hydrogens is 402 g/mol. The van der Waals surface area contributed by atoms with Crippen molar-refractivity contribution in [3.63, 3.8) is 0 Å². The van der Waals surface area contributed by atoms with E-state index in [1.807, 2.05) is 0 Å². The molecule has 0 radical (unpaired) electrons. The van der Waals surface area contributed by atoms with Gasteiger partial charge in [0.2, 0.25) is 15.9 Å². The van der Waals surface area contributed by atoms with Crippen molar-refractivity contribution in [2.75, 3.05) is 6.54 Å². The van der Waals surface area contributed by atoms with Crippen LogP contribution in [0, 0.1) is 10.1 Å². The Labute approximate surface area is 166 Å². The average Bonchev–Trinajstić information content (AvgIpc) is 2.67. The van der Waals surface area contributed by atoms with E-state index >= 15 is 0 Å². The highest BCUT2D eigenvalue weighted by molar-refractivity contribution is 7.89. The average molecular weight is 419 g/mol. The van der Waals surface area contributed by atoms with Gasteiger partial charge in [-0.15, -0.1) is 0 Å². The Kier molecular flexibility index (Phi) is 5.11. The van der Waals surface area contributed by atoms with E-state index in [2.05, 4.69) is 4.72 Å². The van der Waals surface area contributed by atoms with Gasteiger partial charge in [-0.1, -0.05) is 42.5 Å². The van der Waals surface area contributed by atoms with Gasteiger partial charge in [-0.25, -0.2) is 13.2 Å². The van der Waals surface area contributed by atoms with E-state index in [9.17, 15) is 33.2 Å². The summed E-state index contributed by atoms with van der Waals surface area (Å²) in [5.74, 6) is -2.00. The topological polar surface area (TPSA) is 147 Å². The summed E-state index contributed by atoms with van der Waals surface area (Å²) in [7, 11) is -4.41. The SMILES string of the molecule is C[C@@]1(NS(=O)(=O)c2ccccc2[N+](=O)[O-])CN([C@H](C(=O)O)c2ccccc2)C1=O. The van der Waals surface area contributed by atoms with Crippen molar-refractivity contribution >= 4 is 27.6 Å². The predicted molar refractivity (Wildman–Crippen MR) is 100 cm³/mol. The van der Waals surface area contributed by atoms with E-state index in [0.717, 1.165) is 17.0 Å². The third kappa shape index (κ3) is 3.69. The minimum absolute atomic E-state index is 0.211. The molecule has 0 bridgehead atoms. The Hall–Kier alpha value is -3.31. The first-order chi connectivity index (χ1) is 13.6. The zero-order chi connectivity index (χ0) is 21.4. The number of nitro groups is 1. The lowest BCUT2D eigenvalue weighted by Gasteiger charge is -2.48. The summed E-state index contributed by atoms with van der Waals surface area (Å²) in [6.45, 7) is 1.10. The molecule has 0 saturated carbocycles. The number of carbonyl (C=O) groups is 2. The molecule has 0 aromatic heterocycles. The molecule has 2 N–H and O–H groups in total. The van der Waals surface area contributed by atoms with Crippen LogP contribution in [0.15, 0.2) is 59.5 Å². The Bertz CT molecular complexity index is 1090. The van der Waals surface area contributed by atoms with Crippen LogP contribution in [0.3, 0.4) is 0 Å². The van der Waals surface area contributed by atoms with Crippen molar-refractivity contribution in [1.29, 1.82) is 0 Å². The van der Waals surface area contributed by atoms with E-state index < -0.39 is 49.0 Å². The van der Waals surface area contributed by atoms with Gasteiger partial charge in [0.15, 0.2) is 10.9 Å². The first-order valence-electron chi connectivity index (χ1n) is 8.43. The van der Waals surface area contributed by atoms with Crippen molar-refractivity contribution in [3.8, 4) is 0 Å². The number of nitrogens with zero attached hydrogens (tertiary/aromatic N) is 2. The van der Waals surface area contributed by atoms with Crippen molar-refractivity contribution in [2.24, 2.45) is 0 Å². The fourth-order valence-corrected chi connectivity index (χ4v) is 4.80. The van der Waals surface area contributed by atoms with Gasteiger partial charge in [0, 0.05) is 12.6 Å². The first-order valence-corrected chi connectivity index (χ1v) is 9.91. The number of β-lactam (4-membered cyclic amide) rings is 1. The van der Waals surface area contributed by atoms with Crippen molar-refractivity contribution in [2.45, 2.75) is 23.4 Å². The number of para-hydroxylation sites is 1. The maximum Gasteiger partial charge on any atom is 0.331 e. The van der Waals surface area contributed by atoms with Crippen molar-refractivity contribution < 1.29 is 28.0 Å². The molecular formula is C18H17N3O7S. The van der Waals surface area contributed by atoms with Gasteiger partial charge in [0.1, 0.15) is 5.54 Å². The number of rotatable bonds is 7. The molecule has 1 heterocycles. The second kappa shape index (κ2) is 7.26. The quantitative estimate of drug-likeness (QED) is 0.390. The zero-order valence-corrected chi connectivity index (χ0v) is 16.0. The number of benzene rings is 2. The Morgan fingerprint density at radius 1 is 1.21 bits per heavy atom. The largest absolute Gasteiger partial charge is 0.479 e. The molecule has 0 unspecified atom stereocenters. The Morgan fingerprint density at radius 2 is 1.79 bits per heavy atom. The van der Waals surface area contributed by atoms with Gasteiger partial charge in [-0.2, -0.15) is 4.72 Å². The van der Waals surface area contributed by atoms with Gasteiger partial charge in [0.25, 0.3) is 5.69 Å². The van der Waals surface area contributed by atoms with Crippen LogP contribution in [0.5, 0.6) is 0 Å². The third-order valence-corrected chi connectivity index (χ3v) is 6.23. The maximum absolute atomic E-state index is 12.7. The van der Waals surface area contributed by atoms with Crippen LogP contribution in [0.4, 0.5) is 5.69 Å². The highest BCUT2D eigenvalue weighted by Gasteiger charge is 2.55. The van der Waals surface area contributed by atoms with Crippen LogP contribution in [0.25, 0.3) is 0 Å². The number of nitro benzene ring substituents is 1. The normalized spacial score (nSPS) is 20.0. The number of hydrogen-bond donors (Lipinski definition) is 2. The number of carbonyl (C=O) groups excluding carboxylic acids is 1. The molecule has 0 spiro atoms. The van der Waals surface area contributed by atoms with E-state index in [0.29, 0.717) is 5.56 Å². The molecule has 1 aliphatic rings. The van der Waals surface area contributed by atoms with Crippen LogP contribution in [-0.2, 0) is 19.6 Å². The summed E-state index contributed by atoms with van der Waals surface area (Å²) in [5.41, 5.74) is -1.87. The van der Waals surface area contributed by atoms with E-state index in [1.54, 1.807) is 30.3 Å². The van der Waals surface area contributed by atoms with Gasteiger partial charge >= 0.3 is 5.97 Å². The number of carboxylic acid groups (broad SMARTS) is 1. The second-order valence-corrected chi connectivity index (χ2v) is 8.40. The van der Waals surface area contributed by atoms with Crippen molar-refractivity contribution in [1.82, 2.24) is 9.62 Å². The summed E-state index contributed by atoms with van der Waals surface area (Å²) in [6.07, 6.45) is 0. The minimum Gasteiger partial charge on any atom is -0.479 e. The third-order valence-electron chi connectivity index (χ3n) is 4.59. The van der Waals surface area contributed by atoms with Gasteiger partial charge in [0.05, 0.1) is 4.92 Å². The predicted octanol–water partition coefficient (Wildman–Crippen LogP) is 1.30. The summed E-state index contributed by atoms with van der Waals surface area (Å²) in [4.78, 5) is 35.2. The first kappa shape index (κ1) is 20.4. The maximum atomic E-state index is 12.7. The fraction of sp³-hybridized carbons (Fsp3) is 0.222. The molecule has 1 fully saturated rings. The summed E-state index contributed by atoms with van der Waals surface area (Å²) in [5, 5.41) is 20.7. The molecule has 3 rings (SSSR count). The van der Waals surface area contributed by atoms with Crippen LogP contribution >= 0.6 is 0 Å². The highest BCUT2D eigenvalue weighted by Crippen LogP contribution is 2.34. The summed E-state index contributed by atoms with van der Waals surface area (Å²) in [6, 6.07) is 11.6. The fourth-order valence-electron chi connectivity index (χ4n) is 3.27. The van der Waals surface area contributed by atoms with E-state index in [4.69, 9.17) is 0 Å². The van der Waals surface area contributed by atoms with Crippen LogP contribution in [0.1, 0.15) is 18.5 Å². The molecule has 1 saturated heterocycles. The van der Waals surface area contributed by atoms with E-state index in [-0.39, 0.29) is 6.54 Å². The second-order valence-electron chi connectivity index (χ2n) is 6.75. The molecule has 29 heavy (non-hydrogen) atoms. The lowest BCUT2D eigenvalue weighted by atomic mass is 9.88. The number of sulfonamides is 1. The Balaban J connectivity index is 1.86. The molecule has 2 aromatic rings. The number of aliphatic carboxylic acids is 1. The number of hydrogen-bond acceptors (Lipinski definition) is 6. The smallest absolute Gasteiger partial charge is 0.331 e. The molecule has 2 aromatic carbocycles. The lowest BCUT2D eigenvalue weighted by molar-refractivity contribution is -0.387. The highest BCUT2D eigenvalue weighted by atomic mass is 32.2. The van der Waals surface area contributed by atoms with Gasteiger partial charge in [-0.3, -0.25) is 14.9 Å². The zero-order valence-electron chi connectivity index (χ0n) is 15.2. The number of amides is 1. The minimum atomic E-state index is -4.41. The number of likely N-dealkylation sites (tertiary alicyclic amines) is 1. The standard InChI is InChI=1S/C18H17N3O7S/c1-18(19-29(27,28)14-10-6-5-9-13(14)21(25)26)11-20(17(18)24)15(16(22)23)12-7-3-2-4-8-12/h2-10,15,19H,11H2,1H3,(H,22,23)/t15-,18+/m0/s1. The molecule has 2 atom stereocenters. The van der Waals surface area contributed by atoms with Gasteiger partial charge in [-0.05, 0) is 18.6 Å². The van der Waals surface area contributed by atoms with Crippen molar-refractivity contribution in [3.05, 3.63) is 70.3 Å². The molecule has 1 aliphatic heterocycles. The van der Waals surface area contributed by atoms with Gasteiger partial charge < -0.3 is 10.0 Å². The Morgan fingerprint density at radius 3 is 2.34 bits per heavy atom. The molecule has 10 nitrogen and oxygen atoms in total. The molecule has 11 heteroatoms. The van der Waals surface area contributed by atoms with E-state index in [1.165, 1.54) is 19.1 Å². The molecule has 0 aliphatic carbocycles. The number of carboxylic acids is 1. The van der Waals surface area contributed by atoms with Crippen LogP contribution in [0.2, 0.25) is 0 Å². The molecule has 1 amide bonds. The monoisotopic (exact) mass is 419 g/mol.